The lowest BCUT2D eigenvalue weighted by Crippen LogP contribution is -2.68. The summed E-state index contributed by atoms with van der Waals surface area (Å²) in [6.45, 7) is 4.83. The lowest BCUT2D eigenvalue weighted by molar-refractivity contribution is -0.162. The van der Waals surface area contributed by atoms with Gasteiger partial charge in [-0.2, -0.15) is 0 Å². The fourth-order valence-corrected chi connectivity index (χ4v) is 6.12. The first-order valence-corrected chi connectivity index (χ1v) is 12.6. The minimum atomic E-state index is -3.00. The van der Waals surface area contributed by atoms with E-state index in [0.29, 0.717) is 5.56 Å². The lowest BCUT2D eigenvalue weighted by Gasteiger charge is -2.53. The number of fused-ring (bicyclic) bond motifs is 3. The molecule has 0 aliphatic heterocycles. The van der Waals surface area contributed by atoms with Crippen LogP contribution in [0.15, 0.2) is 34.8 Å². The summed E-state index contributed by atoms with van der Waals surface area (Å²) in [4.78, 5) is 53.5. The number of phenolic OH excluding ortho intramolecular Hbond substituents is 1. The first-order valence-electron chi connectivity index (χ1n) is 12.6. The molecule has 0 fully saturated rings. The number of nitrogens with two attached hydrogens (primary N) is 1. The molecule has 1 aromatic carbocycles. The fourth-order valence-electron chi connectivity index (χ4n) is 6.12. The number of aliphatic hydroxyl groups is 4. The maximum absolute atomic E-state index is 13.9. The zero-order valence-electron chi connectivity index (χ0n) is 22.9. The molecule has 0 saturated carbocycles. The van der Waals surface area contributed by atoms with Gasteiger partial charge in [-0.15, -0.1) is 0 Å². The Bertz CT molecular complexity index is 1410. The molecule has 9 N–H and O–H groups in total. The van der Waals surface area contributed by atoms with Crippen LogP contribution in [0.5, 0.6) is 5.75 Å². The summed E-state index contributed by atoms with van der Waals surface area (Å²) >= 11 is 0. The molecule has 4 rings (SSSR count). The van der Waals surface area contributed by atoms with Crippen molar-refractivity contribution >= 4 is 29.1 Å². The van der Waals surface area contributed by atoms with E-state index in [4.69, 9.17) is 5.73 Å². The van der Waals surface area contributed by atoms with Gasteiger partial charge in [0.15, 0.2) is 17.1 Å². The van der Waals surface area contributed by atoms with Crippen LogP contribution in [0.4, 0.5) is 5.69 Å². The van der Waals surface area contributed by atoms with Gasteiger partial charge in [-0.1, -0.05) is 13.0 Å². The number of aliphatic hydroxyl groups excluding tert-OH is 3. The summed E-state index contributed by atoms with van der Waals surface area (Å²) in [5.74, 6) is -10.3. The van der Waals surface area contributed by atoms with Gasteiger partial charge in [0.1, 0.15) is 17.1 Å². The molecule has 0 heterocycles. The van der Waals surface area contributed by atoms with Crippen molar-refractivity contribution in [2.45, 2.75) is 50.0 Å². The van der Waals surface area contributed by atoms with Crippen LogP contribution < -0.4 is 16.4 Å². The minimum absolute atomic E-state index is 0.0932. The van der Waals surface area contributed by atoms with Crippen LogP contribution in [0.1, 0.15) is 42.6 Å². The molecule has 0 saturated heterocycles. The average Bonchev–Trinajstić information content (AvgIpc) is 2.87. The number of carbonyl (C=O) groups is 4. The van der Waals surface area contributed by atoms with Crippen molar-refractivity contribution in [3.8, 4) is 5.75 Å². The van der Waals surface area contributed by atoms with E-state index in [1.165, 1.54) is 31.1 Å². The molecular weight excluding hydrogens is 524 g/mol. The fraction of sp³-hybridized carbons (Fsp3) is 0.481. The topological polar surface area (TPSA) is 223 Å². The second kappa shape index (κ2) is 9.41. The van der Waals surface area contributed by atoms with Crippen molar-refractivity contribution in [2.75, 3.05) is 26.5 Å². The first kappa shape index (κ1) is 29.2. The number of Topliss-reactive ketones (excluding diaryl/α,β-unsaturated/α-hetero) is 2. The van der Waals surface area contributed by atoms with Crippen LogP contribution in [0.2, 0.25) is 0 Å². The molecule has 13 heteroatoms. The van der Waals surface area contributed by atoms with E-state index in [1.807, 2.05) is 0 Å². The number of nitrogens with one attached hydrogen (secondary N) is 2. The highest BCUT2D eigenvalue weighted by molar-refractivity contribution is 6.25. The number of hydrogen-bond donors (Lipinski definition) is 8. The summed E-state index contributed by atoms with van der Waals surface area (Å²) in [5.41, 5.74) is -0.290. The lowest BCUT2D eigenvalue weighted by atomic mass is 9.55. The molecule has 0 aromatic heterocycles. The van der Waals surface area contributed by atoms with Crippen molar-refractivity contribution in [1.29, 1.82) is 0 Å². The monoisotopic (exact) mass is 558 g/mol. The Morgan fingerprint density at radius 2 is 1.73 bits per heavy atom. The maximum atomic E-state index is 13.9. The van der Waals surface area contributed by atoms with Crippen LogP contribution in [0.3, 0.4) is 0 Å². The van der Waals surface area contributed by atoms with Crippen LogP contribution in [0.25, 0.3) is 0 Å². The average molecular weight is 559 g/mol. The van der Waals surface area contributed by atoms with Gasteiger partial charge >= 0.3 is 0 Å². The third kappa shape index (κ3) is 3.76. The zero-order chi connectivity index (χ0) is 30.2. The molecule has 0 spiro atoms. The number of amides is 2. The van der Waals surface area contributed by atoms with E-state index >= 15 is 0 Å². The molecule has 1 aromatic rings. The van der Waals surface area contributed by atoms with Gasteiger partial charge in [0.25, 0.3) is 5.91 Å². The van der Waals surface area contributed by atoms with Crippen LogP contribution in [0, 0.1) is 11.8 Å². The van der Waals surface area contributed by atoms with E-state index in [2.05, 4.69) is 10.6 Å². The van der Waals surface area contributed by atoms with Crippen molar-refractivity contribution in [3.05, 3.63) is 45.9 Å². The number of rotatable bonds is 5. The molecular formula is C27H34N4O9. The van der Waals surface area contributed by atoms with Crippen LogP contribution in [-0.2, 0) is 14.4 Å². The van der Waals surface area contributed by atoms with Gasteiger partial charge in [-0.05, 0) is 52.5 Å². The van der Waals surface area contributed by atoms with E-state index in [-0.39, 0.29) is 11.3 Å². The van der Waals surface area contributed by atoms with Crippen molar-refractivity contribution in [1.82, 2.24) is 10.2 Å². The second-order valence-corrected chi connectivity index (χ2v) is 11.3. The Morgan fingerprint density at radius 1 is 1.12 bits per heavy atom. The number of benzene rings is 1. The van der Waals surface area contributed by atoms with Gasteiger partial charge in [0.05, 0.1) is 34.9 Å². The van der Waals surface area contributed by atoms with E-state index < -0.39 is 92.8 Å². The largest absolute Gasteiger partial charge is 0.510 e. The molecule has 6 atom stereocenters. The third-order valence-electron chi connectivity index (χ3n) is 8.57. The third-order valence-corrected chi connectivity index (χ3v) is 8.57. The molecule has 2 amide bonds. The van der Waals surface area contributed by atoms with Crippen molar-refractivity contribution < 1.29 is 44.7 Å². The normalized spacial score (nSPS) is 30.2. The molecule has 3 aliphatic rings. The van der Waals surface area contributed by atoms with Crippen molar-refractivity contribution in [2.24, 2.45) is 17.6 Å². The minimum Gasteiger partial charge on any atom is -0.510 e. The SMILES string of the molecule is CNC(C)(C)C(=O)Nc1ccc2c(c1O)C(=O)C1=C(O)C3(O)C(=O)C(C(N)=O)=C(O)[C@@H](N(C)C)C3C(O)C1C2C. The second-order valence-electron chi connectivity index (χ2n) is 11.3. The predicted octanol–water partition coefficient (Wildman–Crippen LogP) is -0.411. The number of primary amides is 1. The standard InChI is InChI=1S/C27H34N4O9/c1-9-10-7-8-11(30-25(39)26(2,3)29-4)18(32)13(10)19(33)14-12(9)20(34)16-17(31(5)6)21(35)15(24(28)38)23(37)27(16,40)22(14)36/h7-9,12,16-17,20,29,32,34-36,40H,1-6H3,(H2,28,38)(H,30,39)/t9?,12?,16?,17-,20?,27?/m0/s1. The van der Waals surface area contributed by atoms with Gasteiger partial charge < -0.3 is 41.9 Å². The molecule has 0 bridgehead atoms. The quantitative estimate of drug-likeness (QED) is 0.171. The maximum Gasteiger partial charge on any atom is 0.255 e. The molecule has 3 aliphatic carbocycles. The van der Waals surface area contributed by atoms with Gasteiger partial charge in [-0.3, -0.25) is 24.1 Å². The molecule has 5 unspecified atom stereocenters. The number of phenols is 1. The highest BCUT2D eigenvalue weighted by atomic mass is 16.4. The summed E-state index contributed by atoms with van der Waals surface area (Å²) < 4.78 is 0. The van der Waals surface area contributed by atoms with Gasteiger partial charge in [0.2, 0.25) is 11.7 Å². The summed E-state index contributed by atoms with van der Waals surface area (Å²) in [6, 6.07) is 1.57. The smallest absolute Gasteiger partial charge is 0.255 e. The highest BCUT2D eigenvalue weighted by Crippen LogP contribution is 2.56. The number of carbonyl (C=O) groups excluding carboxylic acids is 4. The van der Waals surface area contributed by atoms with Crippen LogP contribution in [-0.4, -0.2) is 98.2 Å². The number of hydrogen-bond acceptors (Lipinski definition) is 11. The number of aromatic hydroxyl groups is 1. The Kier molecular flexibility index (Phi) is 6.87. The Labute approximate surface area is 230 Å². The molecule has 40 heavy (non-hydrogen) atoms. The Hall–Kier alpha value is -3.78. The van der Waals surface area contributed by atoms with E-state index in [1.54, 1.807) is 27.8 Å². The predicted molar refractivity (Wildman–Crippen MR) is 142 cm³/mol. The first-order chi connectivity index (χ1) is 18.4. The summed E-state index contributed by atoms with van der Waals surface area (Å²) in [6.07, 6.45) is -1.69. The molecule has 0 radical (unpaired) electrons. The molecule has 216 valence electrons. The Balaban J connectivity index is 1.95. The Morgan fingerprint density at radius 3 is 2.25 bits per heavy atom. The van der Waals surface area contributed by atoms with E-state index in [0.717, 1.165) is 0 Å². The van der Waals surface area contributed by atoms with E-state index in [9.17, 15) is 44.7 Å². The number of ketones is 2. The zero-order valence-corrected chi connectivity index (χ0v) is 22.9. The number of anilines is 1. The van der Waals surface area contributed by atoms with Gasteiger partial charge in [-0.25, -0.2) is 0 Å². The van der Waals surface area contributed by atoms with Gasteiger partial charge in [0, 0.05) is 11.5 Å². The number of nitrogens with zero attached hydrogens (tertiary/aromatic N) is 1. The van der Waals surface area contributed by atoms with Crippen molar-refractivity contribution in [3.63, 3.8) is 0 Å². The number of likely N-dealkylation sites (N-methyl/N-ethyl adjacent to an activating group) is 2. The summed E-state index contributed by atoms with van der Waals surface area (Å²) in [5, 5.41) is 62.1. The van der Waals surface area contributed by atoms with Crippen LogP contribution >= 0.6 is 0 Å². The highest BCUT2D eigenvalue weighted by Gasteiger charge is 2.67. The molecule has 13 nitrogen and oxygen atoms in total. The summed E-state index contributed by atoms with van der Waals surface area (Å²) in [7, 11) is 4.50.